The summed E-state index contributed by atoms with van der Waals surface area (Å²) in [5.41, 5.74) is 0. The van der Waals surface area contributed by atoms with Crippen molar-refractivity contribution in [3.63, 3.8) is 0 Å². The number of hydrogen-bond acceptors (Lipinski definition) is 3. The molecule has 1 unspecified atom stereocenters. The Morgan fingerprint density at radius 1 is 1.35 bits per heavy atom. The average molecular weight is 259 g/mol. The van der Waals surface area contributed by atoms with Gasteiger partial charge in [-0.05, 0) is 51.0 Å². The van der Waals surface area contributed by atoms with Crippen LogP contribution in [0.1, 0.15) is 40.0 Å². The maximum absolute atomic E-state index is 12.2. The highest BCUT2D eigenvalue weighted by Gasteiger charge is 2.23. The van der Waals surface area contributed by atoms with Gasteiger partial charge in [0.1, 0.15) is 0 Å². The van der Waals surface area contributed by atoms with Crippen LogP contribution in [0.5, 0.6) is 0 Å². The first-order valence-electron chi connectivity index (χ1n) is 6.56. The van der Waals surface area contributed by atoms with Crippen molar-refractivity contribution in [3.05, 3.63) is 0 Å². The van der Waals surface area contributed by atoms with Crippen LogP contribution in [0.15, 0.2) is 0 Å². The molecule has 0 aromatic rings. The van der Waals surface area contributed by atoms with Gasteiger partial charge >= 0.3 is 0 Å². The minimum atomic E-state index is -0.441. The number of hydrogen-bond donors (Lipinski definition) is 1. The number of rotatable bonds is 5. The summed E-state index contributed by atoms with van der Waals surface area (Å²) in [4.78, 5) is 14.0. The lowest BCUT2D eigenvalue weighted by Crippen LogP contribution is -2.42. The highest BCUT2D eigenvalue weighted by Crippen LogP contribution is 2.26. The predicted octanol–water partition coefficient (Wildman–Crippen LogP) is 2.14. The minimum Gasteiger partial charge on any atom is -0.392 e. The summed E-state index contributed by atoms with van der Waals surface area (Å²) in [7, 11) is 0. The van der Waals surface area contributed by atoms with E-state index in [1.165, 1.54) is 11.5 Å². The van der Waals surface area contributed by atoms with Crippen molar-refractivity contribution in [2.24, 2.45) is 5.92 Å². The van der Waals surface area contributed by atoms with Crippen LogP contribution in [0.4, 0.5) is 0 Å². The zero-order valence-corrected chi connectivity index (χ0v) is 12.0. The fourth-order valence-corrected chi connectivity index (χ4v) is 3.40. The molecule has 0 aliphatic carbocycles. The molecule has 1 heterocycles. The standard InChI is InChI=1S/C13H25NO2S/c1-10(2)14(9-11(3)15)13(16)8-12-4-6-17-7-5-12/h10-12,15H,4-9H2,1-3H3. The first kappa shape index (κ1) is 14.8. The number of thioether (sulfide) groups is 1. The van der Waals surface area contributed by atoms with Gasteiger partial charge < -0.3 is 10.0 Å². The van der Waals surface area contributed by atoms with Gasteiger partial charge in [-0.15, -0.1) is 0 Å². The number of nitrogens with zero attached hydrogens (tertiary/aromatic N) is 1. The molecule has 1 N–H and O–H groups in total. The average Bonchev–Trinajstić information content (AvgIpc) is 2.26. The lowest BCUT2D eigenvalue weighted by atomic mass is 9.97. The summed E-state index contributed by atoms with van der Waals surface area (Å²) in [5, 5.41) is 9.43. The third-order valence-electron chi connectivity index (χ3n) is 3.21. The maximum atomic E-state index is 12.2. The van der Waals surface area contributed by atoms with E-state index in [1.54, 1.807) is 6.92 Å². The minimum absolute atomic E-state index is 0.176. The second-order valence-electron chi connectivity index (χ2n) is 5.25. The molecule has 0 radical (unpaired) electrons. The lowest BCUT2D eigenvalue weighted by molar-refractivity contribution is -0.135. The van der Waals surface area contributed by atoms with Gasteiger partial charge in [-0.25, -0.2) is 0 Å². The van der Waals surface area contributed by atoms with Crippen molar-refractivity contribution in [2.75, 3.05) is 18.1 Å². The fourth-order valence-electron chi connectivity index (χ4n) is 2.20. The molecule has 0 saturated carbocycles. The van der Waals surface area contributed by atoms with Gasteiger partial charge in [-0.2, -0.15) is 11.8 Å². The number of aliphatic hydroxyl groups excluding tert-OH is 1. The number of carbonyl (C=O) groups excluding carboxylic acids is 1. The lowest BCUT2D eigenvalue weighted by Gasteiger charge is -2.30. The molecular weight excluding hydrogens is 234 g/mol. The van der Waals surface area contributed by atoms with Gasteiger partial charge in [0.15, 0.2) is 0 Å². The zero-order valence-electron chi connectivity index (χ0n) is 11.2. The summed E-state index contributed by atoms with van der Waals surface area (Å²) in [6, 6.07) is 0.176. The Morgan fingerprint density at radius 3 is 2.41 bits per heavy atom. The second-order valence-corrected chi connectivity index (χ2v) is 6.47. The monoisotopic (exact) mass is 259 g/mol. The maximum Gasteiger partial charge on any atom is 0.223 e. The van der Waals surface area contributed by atoms with Crippen molar-refractivity contribution >= 4 is 17.7 Å². The molecule has 100 valence electrons. The molecule has 1 saturated heterocycles. The molecule has 0 aromatic carbocycles. The topological polar surface area (TPSA) is 40.5 Å². The smallest absolute Gasteiger partial charge is 0.223 e. The molecule has 1 fully saturated rings. The van der Waals surface area contributed by atoms with Crippen LogP contribution in [0.3, 0.4) is 0 Å². The van der Waals surface area contributed by atoms with Gasteiger partial charge in [0, 0.05) is 19.0 Å². The third kappa shape index (κ3) is 5.30. The first-order chi connectivity index (χ1) is 8.00. The molecule has 4 heteroatoms. The van der Waals surface area contributed by atoms with Crippen LogP contribution in [0, 0.1) is 5.92 Å². The first-order valence-corrected chi connectivity index (χ1v) is 7.71. The van der Waals surface area contributed by atoms with Gasteiger partial charge in [0.25, 0.3) is 0 Å². The van der Waals surface area contributed by atoms with Crippen molar-refractivity contribution in [3.8, 4) is 0 Å². The summed E-state index contributed by atoms with van der Waals surface area (Å²) < 4.78 is 0. The van der Waals surface area contributed by atoms with E-state index in [0.29, 0.717) is 18.9 Å². The van der Waals surface area contributed by atoms with Crippen LogP contribution in [0.25, 0.3) is 0 Å². The predicted molar refractivity (Wildman–Crippen MR) is 73.2 cm³/mol. The molecule has 0 aromatic heterocycles. The normalized spacial score (nSPS) is 19.4. The number of amides is 1. The van der Waals surface area contributed by atoms with E-state index in [0.717, 1.165) is 12.8 Å². The van der Waals surface area contributed by atoms with Crippen molar-refractivity contribution in [1.82, 2.24) is 4.90 Å². The molecular formula is C13H25NO2S. The zero-order chi connectivity index (χ0) is 12.8. The van der Waals surface area contributed by atoms with E-state index in [1.807, 2.05) is 30.5 Å². The molecule has 0 spiro atoms. The van der Waals surface area contributed by atoms with E-state index in [-0.39, 0.29) is 11.9 Å². The quantitative estimate of drug-likeness (QED) is 0.822. The molecule has 1 atom stereocenters. The van der Waals surface area contributed by atoms with Crippen LogP contribution in [-0.2, 0) is 4.79 Å². The Kier molecular flexibility index (Phi) is 6.34. The Bertz CT molecular complexity index is 238. The highest BCUT2D eigenvalue weighted by molar-refractivity contribution is 7.99. The molecule has 1 rings (SSSR count). The molecule has 0 bridgehead atoms. The summed E-state index contributed by atoms with van der Waals surface area (Å²) in [6.07, 6.45) is 2.54. The molecule has 1 amide bonds. The van der Waals surface area contributed by atoms with E-state index in [4.69, 9.17) is 0 Å². The Hall–Kier alpha value is -0.220. The van der Waals surface area contributed by atoms with Crippen molar-refractivity contribution < 1.29 is 9.90 Å². The Labute approximate surface area is 109 Å². The van der Waals surface area contributed by atoms with Gasteiger partial charge in [-0.3, -0.25) is 4.79 Å². The summed E-state index contributed by atoms with van der Waals surface area (Å²) in [6.45, 7) is 6.21. The second kappa shape index (κ2) is 7.27. The molecule has 1 aliphatic heterocycles. The van der Waals surface area contributed by atoms with E-state index in [9.17, 15) is 9.90 Å². The largest absolute Gasteiger partial charge is 0.392 e. The Morgan fingerprint density at radius 2 is 1.94 bits per heavy atom. The van der Waals surface area contributed by atoms with Gasteiger partial charge in [-0.1, -0.05) is 0 Å². The van der Waals surface area contributed by atoms with E-state index >= 15 is 0 Å². The van der Waals surface area contributed by atoms with E-state index < -0.39 is 6.10 Å². The van der Waals surface area contributed by atoms with Crippen LogP contribution in [-0.4, -0.2) is 46.1 Å². The van der Waals surface area contributed by atoms with Crippen molar-refractivity contribution in [1.29, 1.82) is 0 Å². The van der Waals surface area contributed by atoms with E-state index in [2.05, 4.69) is 0 Å². The summed E-state index contributed by atoms with van der Waals surface area (Å²) in [5.74, 6) is 3.14. The van der Waals surface area contributed by atoms with Crippen molar-refractivity contribution in [2.45, 2.75) is 52.2 Å². The summed E-state index contributed by atoms with van der Waals surface area (Å²) >= 11 is 1.99. The molecule has 17 heavy (non-hydrogen) atoms. The fraction of sp³-hybridized carbons (Fsp3) is 0.923. The molecule has 3 nitrogen and oxygen atoms in total. The Balaban J connectivity index is 2.46. The van der Waals surface area contributed by atoms with Gasteiger partial charge in [0.05, 0.1) is 6.10 Å². The van der Waals surface area contributed by atoms with Crippen LogP contribution in [0.2, 0.25) is 0 Å². The van der Waals surface area contributed by atoms with Crippen LogP contribution >= 0.6 is 11.8 Å². The SMILES string of the molecule is CC(O)CN(C(=O)CC1CCSCC1)C(C)C. The number of carbonyl (C=O) groups is 1. The highest BCUT2D eigenvalue weighted by atomic mass is 32.2. The number of aliphatic hydroxyl groups is 1. The van der Waals surface area contributed by atoms with Gasteiger partial charge in [0.2, 0.25) is 5.91 Å². The third-order valence-corrected chi connectivity index (χ3v) is 4.26. The van der Waals surface area contributed by atoms with Crippen LogP contribution < -0.4 is 0 Å². The molecule has 1 aliphatic rings.